The number of anilines is 2. The Morgan fingerprint density at radius 2 is 1.92 bits per heavy atom. The third-order valence-corrected chi connectivity index (χ3v) is 8.23. The first-order valence-electron chi connectivity index (χ1n) is 12.0. The van der Waals surface area contributed by atoms with Crippen molar-refractivity contribution in [2.24, 2.45) is 0 Å². The number of para-hydroxylation sites is 1. The molecule has 0 spiro atoms. The third-order valence-electron chi connectivity index (χ3n) is 6.36. The van der Waals surface area contributed by atoms with Gasteiger partial charge >= 0.3 is 0 Å². The summed E-state index contributed by atoms with van der Waals surface area (Å²) in [6.45, 7) is 2.43. The first kappa shape index (κ1) is 25.1. The molecule has 1 N–H and O–H groups in total. The molecule has 0 saturated heterocycles. The van der Waals surface area contributed by atoms with Gasteiger partial charge in [-0.1, -0.05) is 31.2 Å². The molecule has 196 valence electrons. The molecular weight excluding hydrogens is 510 g/mol. The summed E-state index contributed by atoms with van der Waals surface area (Å²) in [5.41, 5.74) is 1.71. The third kappa shape index (κ3) is 4.63. The molecule has 2 aromatic carbocycles. The number of benzene rings is 2. The summed E-state index contributed by atoms with van der Waals surface area (Å²) in [4.78, 5) is 29.5. The van der Waals surface area contributed by atoms with Crippen molar-refractivity contribution in [3.05, 3.63) is 77.1 Å². The molecular formula is C25H25N7O5S. The molecule has 2 aromatic heterocycles. The highest BCUT2D eigenvalue weighted by Crippen LogP contribution is 2.33. The molecule has 4 aromatic rings. The minimum absolute atomic E-state index is 0.0872. The maximum Gasteiger partial charge on any atom is 0.289 e. The van der Waals surface area contributed by atoms with Gasteiger partial charge in [0.2, 0.25) is 5.91 Å². The Morgan fingerprint density at radius 1 is 1.11 bits per heavy atom. The second kappa shape index (κ2) is 10.1. The molecule has 0 fully saturated rings. The molecule has 1 amide bonds. The van der Waals surface area contributed by atoms with Crippen LogP contribution in [0.1, 0.15) is 13.3 Å². The molecule has 0 radical (unpaired) electrons. The molecule has 13 heteroatoms. The maximum atomic E-state index is 14.0. The van der Waals surface area contributed by atoms with Crippen molar-refractivity contribution >= 4 is 38.8 Å². The van der Waals surface area contributed by atoms with Crippen molar-refractivity contribution in [2.45, 2.75) is 18.2 Å². The Kier molecular flexibility index (Phi) is 6.68. The van der Waals surface area contributed by atoms with E-state index in [1.165, 1.54) is 18.2 Å². The lowest BCUT2D eigenvalue weighted by molar-refractivity contribution is -0.387. The predicted octanol–water partition coefficient (Wildman–Crippen LogP) is 3.16. The Labute approximate surface area is 218 Å². The highest BCUT2D eigenvalue weighted by Gasteiger charge is 2.32. The smallest absolute Gasteiger partial charge is 0.289 e. The van der Waals surface area contributed by atoms with Gasteiger partial charge in [0.25, 0.3) is 15.7 Å². The van der Waals surface area contributed by atoms with Gasteiger partial charge in [0.1, 0.15) is 5.82 Å². The van der Waals surface area contributed by atoms with Crippen molar-refractivity contribution in [3.63, 3.8) is 0 Å². The molecule has 0 unspecified atom stereocenters. The van der Waals surface area contributed by atoms with Gasteiger partial charge in [-0.2, -0.15) is 5.10 Å². The number of nitrogens with one attached hydrogen (secondary N) is 1. The van der Waals surface area contributed by atoms with E-state index < -0.39 is 25.5 Å². The van der Waals surface area contributed by atoms with Gasteiger partial charge in [0, 0.05) is 43.9 Å². The lowest BCUT2D eigenvalue weighted by Crippen LogP contribution is -2.43. The Morgan fingerprint density at radius 3 is 2.71 bits per heavy atom. The van der Waals surface area contributed by atoms with Gasteiger partial charge in [0.15, 0.2) is 10.5 Å². The lowest BCUT2D eigenvalue weighted by atomic mass is 10.1. The molecule has 3 heterocycles. The summed E-state index contributed by atoms with van der Waals surface area (Å²) in [6, 6.07) is 13.9. The van der Waals surface area contributed by atoms with Crippen LogP contribution in [-0.2, 0) is 14.8 Å². The van der Waals surface area contributed by atoms with Gasteiger partial charge < -0.3 is 10.2 Å². The van der Waals surface area contributed by atoms with Crippen LogP contribution in [0.4, 0.5) is 17.2 Å². The van der Waals surface area contributed by atoms with Crippen LogP contribution in [0.3, 0.4) is 0 Å². The van der Waals surface area contributed by atoms with Crippen LogP contribution in [-0.4, -0.2) is 64.9 Å². The van der Waals surface area contributed by atoms with E-state index in [1.54, 1.807) is 53.0 Å². The van der Waals surface area contributed by atoms with Gasteiger partial charge in [-0.05, 0) is 29.8 Å². The number of fused-ring (bicyclic) bond motifs is 4. The fraction of sp³-hybridized carbons (Fsp3) is 0.240. The van der Waals surface area contributed by atoms with E-state index >= 15 is 0 Å². The molecule has 1 aliphatic rings. The van der Waals surface area contributed by atoms with Crippen molar-refractivity contribution in [3.8, 4) is 11.1 Å². The zero-order chi connectivity index (χ0) is 26.9. The number of nitrogens with zero attached hydrogens (tertiary/aromatic N) is 6. The summed E-state index contributed by atoms with van der Waals surface area (Å²) in [7, 11) is -4.39. The first-order valence-corrected chi connectivity index (χ1v) is 13.5. The van der Waals surface area contributed by atoms with Crippen LogP contribution in [0.5, 0.6) is 0 Å². The molecule has 1 aliphatic heterocycles. The van der Waals surface area contributed by atoms with Crippen LogP contribution in [0.25, 0.3) is 16.8 Å². The number of amides is 1. The van der Waals surface area contributed by atoms with Gasteiger partial charge in [-0.3, -0.25) is 19.2 Å². The van der Waals surface area contributed by atoms with E-state index in [-0.39, 0.29) is 25.4 Å². The first-order chi connectivity index (χ1) is 18.3. The Hall–Kier alpha value is -4.52. The summed E-state index contributed by atoms with van der Waals surface area (Å²) < 4.78 is 30.7. The zero-order valence-corrected chi connectivity index (χ0v) is 21.3. The normalized spacial score (nSPS) is 14.2. The van der Waals surface area contributed by atoms with E-state index in [9.17, 15) is 23.3 Å². The predicted molar refractivity (Wildman–Crippen MR) is 141 cm³/mol. The number of rotatable bonds is 4. The van der Waals surface area contributed by atoms with E-state index in [4.69, 9.17) is 0 Å². The van der Waals surface area contributed by atoms with E-state index in [0.717, 1.165) is 10.4 Å². The number of aromatic nitrogens is 3. The lowest BCUT2D eigenvalue weighted by Gasteiger charge is -2.29. The van der Waals surface area contributed by atoms with Crippen molar-refractivity contribution < 1.29 is 18.1 Å². The highest BCUT2D eigenvalue weighted by atomic mass is 32.2. The van der Waals surface area contributed by atoms with Crippen LogP contribution in [0.2, 0.25) is 0 Å². The van der Waals surface area contributed by atoms with Gasteiger partial charge in [-0.15, -0.1) is 0 Å². The molecule has 0 saturated carbocycles. The number of nitro benzene ring substituents is 1. The summed E-state index contributed by atoms with van der Waals surface area (Å²) in [5, 5.41) is 19.3. The highest BCUT2D eigenvalue weighted by molar-refractivity contribution is 7.93. The average Bonchev–Trinajstić information content (AvgIpc) is 3.35. The largest absolute Gasteiger partial charge is 0.368 e. The monoisotopic (exact) mass is 535 g/mol. The minimum Gasteiger partial charge on any atom is -0.368 e. The second-order valence-corrected chi connectivity index (χ2v) is 10.5. The average molecular weight is 536 g/mol. The van der Waals surface area contributed by atoms with Gasteiger partial charge in [-0.25, -0.2) is 17.9 Å². The van der Waals surface area contributed by atoms with Crippen LogP contribution >= 0.6 is 0 Å². The van der Waals surface area contributed by atoms with E-state index in [2.05, 4.69) is 15.4 Å². The molecule has 4 bridgehead atoms. The standard InChI is InChI=1S/C25H25N7O5S/c1-2-24(33)29-13-11-26-23-10-12-30-25(28-23)20(17-27-30)18-6-5-7-19(16-18)31(15-14-29)38(36,37)22-9-4-3-8-21(22)32(34)35/h3-10,12,16-17H,2,11,13-15H2,1H3,(H,26,28). The van der Waals surface area contributed by atoms with Crippen LogP contribution < -0.4 is 9.62 Å². The second-order valence-electron chi connectivity index (χ2n) is 8.65. The fourth-order valence-corrected chi connectivity index (χ4v) is 6.06. The van der Waals surface area contributed by atoms with E-state index in [0.29, 0.717) is 41.4 Å². The molecule has 0 aliphatic carbocycles. The number of carbonyl (C=O) groups is 1. The summed E-state index contributed by atoms with van der Waals surface area (Å²) in [6.07, 6.45) is 3.67. The maximum absolute atomic E-state index is 14.0. The van der Waals surface area contributed by atoms with Crippen molar-refractivity contribution in [1.29, 1.82) is 0 Å². The molecule has 38 heavy (non-hydrogen) atoms. The summed E-state index contributed by atoms with van der Waals surface area (Å²) >= 11 is 0. The Bertz CT molecular complexity index is 1640. The molecule has 0 atom stereocenters. The zero-order valence-electron chi connectivity index (χ0n) is 20.5. The minimum atomic E-state index is -4.39. The Balaban J connectivity index is 1.69. The topological polar surface area (TPSA) is 143 Å². The van der Waals surface area contributed by atoms with E-state index in [1.807, 2.05) is 6.07 Å². The number of sulfonamides is 1. The quantitative estimate of drug-likeness (QED) is 0.310. The molecule has 12 nitrogen and oxygen atoms in total. The van der Waals surface area contributed by atoms with Crippen LogP contribution in [0.15, 0.2) is 71.9 Å². The van der Waals surface area contributed by atoms with Crippen molar-refractivity contribution in [2.75, 3.05) is 35.8 Å². The number of nitro groups is 1. The fourth-order valence-electron chi connectivity index (χ4n) is 4.45. The number of hydrogen-bond donors (Lipinski definition) is 1. The van der Waals surface area contributed by atoms with Crippen molar-refractivity contribution in [1.82, 2.24) is 19.5 Å². The number of hydrogen-bond acceptors (Lipinski definition) is 8. The summed E-state index contributed by atoms with van der Waals surface area (Å²) in [5.74, 6) is 0.481. The van der Waals surface area contributed by atoms with Gasteiger partial charge in [0.05, 0.1) is 23.4 Å². The molecule has 5 rings (SSSR count). The van der Waals surface area contributed by atoms with Crippen LogP contribution in [0, 0.1) is 10.1 Å². The number of carbonyl (C=O) groups excluding carboxylic acids is 1. The SMILES string of the molecule is CCC(=O)N1CCNc2ccn3ncc(c3n2)-c2cccc(c2)N(S(=O)(=O)c2ccccc2[N+](=O)[O-])CC1.